The van der Waals surface area contributed by atoms with Gasteiger partial charge in [0.25, 0.3) is 0 Å². The van der Waals surface area contributed by atoms with Gasteiger partial charge in [0, 0.05) is 17.1 Å². The number of nitrogens with zero attached hydrogens (tertiary/aromatic N) is 1. The van der Waals surface area contributed by atoms with Crippen molar-refractivity contribution < 1.29 is 0 Å². The highest BCUT2D eigenvalue weighted by molar-refractivity contribution is 5.81. The highest BCUT2D eigenvalue weighted by Crippen LogP contribution is 2.38. The van der Waals surface area contributed by atoms with Gasteiger partial charge in [-0.25, -0.2) is 0 Å². The van der Waals surface area contributed by atoms with E-state index >= 15 is 0 Å². The van der Waals surface area contributed by atoms with E-state index in [-0.39, 0.29) is 0 Å². The van der Waals surface area contributed by atoms with E-state index < -0.39 is 0 Å². The summed E-state index contributed by atoms with van der Waals surface area (Å²) in [5, 5.41) is 0. The lowest BCUT2D eigenvalue weighted by molar-refractivity contribution is 0.922. The molecule has 190 valence electrons. The minimum Gasteiger partial charge on any atom is -0.310 e. The molecule has 5 aromatic carbocycles. The van der Waals surface area contributed by atoms with Crippen molar-refractivity contribution in [3.05, 3.63) is 137 Å². The van der Waals surface area contributed by atoms with Crippen LogP contribution in [0.4, 0.5) is 17.1 Å². The molecule has 0 aliphatic carbocycles. The van der Waals surface area contributed by atoms with Crippen LogP contribution >= 0.6 is 0 Å². The second kappa shape index (κ2) is 11.1. The third-order valence-electron chi connectivity index (χ3n) is 7.53. The first kappa shape index (κ1) is 25.5. The quantitative estimate of drug-likeness (QED) is 0.217. The lowest BCUT2D eigenvalue weighted by Gasteiger charge is -2.27. The molecule has 0 aromatic heterocycles. The third kappa shape index (κ3) is 5.43. The van der Waals surface area contributed by atoms with E-state index in [4.69, 9.17) is 0 Å². The monoisotopic (exact) mass is 495 g/mol. The Morgan fingerprint density at radius 2 is 1.00 bits per heavy atom. The van der Waals surface area contributed by atoms with Crippen molar-refractivity contribution in [3.8, 4) is 22.3 Å². The Morgan fingerprint density at radius 1 is 0.474 bits per heavy atom. The molecule has 0 saturated heterocycles. The van der Waals surface area contributed by atoms with Gasteiger partial charge in [0.2, 0.25) is 0 Å². The summed E-state index contributed by atoms with van der Waals surface area (Å²) < 4.78 is 0. The second-order valence-electron chi connectivity index (χ2n) is 10.5. The Balaban J connectivity index is 1.54. The van der Waals surface area contributed by atoms with Crippen LogP contribution in [-0.4, -0.2) is 0 Å². The molecule has 0 amide bonds. The molecular weight excluding hydrogens is 458 g/mol. The van der Waals surface area contributed by atoms with Gasteiger partial charge >= 0.3 is 0 Å². The summed E-state index contributed by atoms with van der Waals surface area (Å²) in [4.78, 5) is 2.37. The lowest BCUT2D eigenvalue weighted by atomic mass is 9.97. The molecular formula is C37H37N. The summed E-state index contributed by atoms with van der Waals surface area (Å²) in [6.07, 6.45) is 2.30. The van der Waals surface area contributed by atoms with E-state index in [2.05, 4.69) is 149 Å². The number of hydrogen-bond donors (Lipinski definition) is 0. The number of hydrogen-bond acceptors (Lipinski definition) is 1. The van der Waals surface area contributed by atoms with Gasteiger partial charge in [-0.1, -0.05) is 91.7 Å². The van der Waals surface area contributed by atoms with Gasteiger partial charge < -0.3 is 4.90 Å². The smallest absolute Gasteiger partial charge is 0.0464 e. The molecule has 1 nitrogen and oxygen atoms in total. The fourth-order valence-electron chi connectivity index (χ4n) is 5.11. The molecule has 0 bridgehead atoms. The Morgan fingerprint density at radius 3 is 1.58 bits per heavy atom. The summed E-state index contributed by atoms with van der Waals surface area (Å²) in [5.74, 6) is 0. The van der Waals surface area contributed by atoms with Crippen LogP contribution in [0.3, 0.4) is 0 Å². The van der Waals surface area contributed by atoms with E-state index in [1.807, 2.05) is 0 Å². The van der Waals surface area contributed by atoms with Crippen molar-refractivity contribution in [2.45, 2.75) is 47.5 Å². The van der Waals surface area contributed by atoms with Crippen molar-refractivity contribution in [1.82, 2.24) is 0 Å². The first-order valence-electron chi connectivity index (χ1n) is 13.7. The van der Waals surface area contributed by atoms with Crippen molar-refractivity contribution in [1.29, 1.82) is 0 Å². The lowest BCUT2D eigenvalue weighted by Crippen LogP contribution is -2.10. The predicted octanol–water partition coefficient (Wildman–Crippen LogP) is 10.7. The Bertz CT molecular complexity index is 1520. The first-order chi connectivity index (χ1) is 18.4. The van der Waals surface area contributed by atoms with Crippen LogP contribution in [0.15, 0.2) is 109 Å². The molecule has 0 saturated carbocycles. The summed E-state index contributed by atoms with van der Waals surface area (Å²) >= 11 is 0. The maximum Gasteiger partial charge on any atom is 0.0464 e. The fourth-order valence-corrected chi connectivity index (χ4v) is 5.11. The number of benzene rings is 5. The van der Waals surface area contributed by atoms with E-state index in [0.717, 1.165) is 12.1 Å². The van der Waals surface area contributed by atoms with Crippen LogP contribution in [0.1, 0.15) is 41.2 Å². The molecule has 0 spiro atoms. The van der Waals surface area contributed by atoms with Crippen LogP contribution in [0.25, 0.3) is 22.3 Å². The average molecular weight is 496 g/mol. The largest absolute Gasteiger partial charge is 0.310 e. The van der Waals surface area contributed by atoms with Gasteiger partial charge in [-0.2, -0.15) is 0 Å². The zero-order chi connectivity index (χ0) is 26.6. The highest BCUT2D eigenvalue weighted by atomic mass is 15.1. The SMILES string of the molecule is CCCc1ccc(-c2ccc(N(c3ccc(-c4ccc(C)cc4)cc3)c3ccc(C)c(C)c3)cc2C)cc1. The van der Waals surface area contributed by atoms with Gasteiger partial charge in [-0.3, -0.25) is 0 Å². The van der Waals surface area contributed by atoms with Gasteiger partial charge in [-0.05, 0) is 115 Å². The zero-order valence-electron chi connectivity index (χ0n) is 23.3. The molecule has 5 rings (SSSR count). The predicted molar refractivity (Wildman–Crippen MR) is 165 cm³/mol. The minimum atomic E-state index is 1.13. The van der Waals surface area contributed by atoms with Gasteiger partial charge in [-0.15, -0.1) is 0 Å². The molecule has 0 aliphatic heterocycles. The minimum absolute atomic E-state index is 1.13. The Kier molecular flexibility index (Phi) is 7.47. The number of anilines is 3. The van der Waals surface area contributed by atoms with Crippen molar-refractivity contribution in [2.24, 2.45) is 0 Å². The second-order valence-corrected chi connectivity index (χ2v) is 10.5. The van der Waals surface area contributed by atoms with E-state index in [0.29, 0.717) is 0 Å². The maximum absolute atomic E-state index is 2.37. The molecule has 0 fully saturated rings. The van der Waals surface area contributed by atoms with Crippen LogP contribution in [0, 0.1) is 27.7 Å². The molecule has 0 radical (unpaired) electrons. The van der Waals surface area contributed by atoms with Crippen molar-refractivity contribution in [3.63, 3.8) is 0 Å². The van der Waals surface area contributed by atoms with Gasteiger partial charge in [0.05, 0.1) is 0 Å². The van der Waals surface area contributed by atoms with Crippen LogP contribution in [-0.2, 0) is 6.42 Å². The first-order valence-corrected chi connectivity index (χ1v) is 13.7. The molecule has 0 aliphatic rings. The van der Waals surface area contributed by atoms with E-state index in [1.165, 1.54) is 67.9 Å². The fraction of sp³-hybridized carbons (Fsp3) is 0.189. The summed E-state index contributed by atoms with van der Waals surface area (Å²) in [6, 6.07) is 40.3. The standard InChI is InChI=1S/C37H37N/c1-6-7-30-11-15-33(16-12-30)37-23-22-36(25-29(37)5)38(35-19-10-27(3)28(4)24-35)34-20-17-32(18-21-34)31-13-8-26(2)9-14-31/h8-25H,6-7H2,1-5H3. The normalized spacial score (nSPS) is 11.0. The highest BCUT2D eigenvalue weighted by Gasteiger charge is 2.15. The molecule has 38 heavy (non-hydrogen) atoms. The van der Waals surface area contributed by atoms with Crippen LogP contribution < -0.4 is 4.90 Å². The van der Waals surface area contributed by atoms with Crippen molar-refractivity contribution >= 4 is 17.1 Å². The molecule has 0 N–H and O–H groups in total. The Hall–Kier alpha value is -4.10. The number of aryl methyl sites for hydroxylation is 5. The third-order valence-corrected chi connectivity index (χ3v) is 7.53. The van der Waals surface area contributed by atoms with Gasteiger partial charge in [0.15, 0.2) is 0 Å². The van der Waals surface area contributed by atoms with Crippen LogP contribution in [0.5, 0.6) is 0 Å². The number of rotatable bonds is 7. The molecule has 5 aromatic rings. The van der Waals surface area contributed by atoms with E-state index in [9.17, 15) is 0 Å². The molecule has 0 atom stereocenters. The zero-order valence-corrected chi connectivity index (χ0v) is 23.3. The summed E-state index contributed by atoms with van der Waals surface area (Å²) in [5.41, 5.74) is 15.1. The van der Waals surface area contributed by atoms with Gasteiger partial charge in [0.1, 0.15) is 0 Å². The molecule has 0 heterocycles. The molecule has 1 heteroatoms. The Labute approximate surface area is 228 Å². The van der Waals surface area contributed by atoms with Crippen molar-refractivity contribution in [2.75, 3.05) is 4.90 Å². The maximum atomic E-state index is 2.37. The van der Waals surface area contributed by atoms with Crippen LogP contribution in [0.2, 0.25) is 0 Å². The topological polar surface area (TPSA) is 3.24 Å². The summed E-state index contributed by atoms with van der Waals surface area (Å²) in [7, 11) is 0. The average Bonchev–Trinajstić information content (AvgIpc) is 2.93. The van der Waals surface area contributed by atoms with E-state index in [1.54, 1.807) is 0 Å². The summed E-state index contributed by atoms with van der Waals surface area (Å²) in [6.45, 7) is 10.9. The molecule has 0 unspecified atom stereocenters.